The topological polar surface area (TPSA) is 64.4 Å². The maximum atomic E-state index is 12.5. The van der Waals surface area contributed by atoms with Gasteiger partial charge in [-0.1, -0.05) is 22.0 Å². The summed E-state index contributed by atoms with van der Waals surface area (Å²) in [5.74, 6) is 0.908. The molecule has 0 saturated carbocycles. The number of oxazole rings is 1. The summed E-state index contributed by atoms with van der Waals surface area (Å²) < 4.78 is 13.0. The summed E-state index contributed by atoms with van der Waals surface area (Å²) in [6, 6.07) is 15.2. The summed E-state index contributed by atoms with van der Waals surface area (Å²) >= 11 is 6.92. The Labute approximate surface area is 202 Å². The normalized spacial score (nSPS) is 11.3. The van der Waals surface area contributed by atoms with Crippen LogP contribution in [0.1, 0.15) is 16.7 Å². The van der Waals surface area contributed by atoms with E-state index in [4.69, 9.17) is 9.15 Å². The number of hydrogen-bond acceptors (Lipinski definition) is 4. The van der Waals surface area contributed by atoms with E-state index in [1.165, 1.54) is 11.6 Å². The summed E-state index contributed by atoms with van der Waals surface area (Å²) in [5, 5.41) is 2.88. The van der Waals surface area contributed by atoms with Gasteiger partial charge in [-0.05, 0) is 89.4 Å². The van der Waals surface area contributed by atoms with Crippen LogP contribution in [0.4, 0.5) is 5.69 Å². The number of aromatic nitrogens is 1. The minimum absolute atomic E-state index is 0.260. The van der Waals surface area contributed by atoms with E-state index in [1.54, 1.807) is 13.2 Å². The number of nitrogens with one attached hydrogen (secondary N) is 1. The molecule has 0 aliphatic carbocycles. The lowest BCUT2D eigenvalue weighted by molar-refractivity contribution is -0.111. The van der Waals surface area contributed by atoms with Crippen LogP contribution in [0.2, 0.25) is 0 Å². The van der Waals surface area contributed by atoms with Gasteiger partial charge in [0.2, 0.25) is 11.8 Å². The van der Waals surface area contributed by atoms with Gasteiger partial charge in [0.25, 0.3) is 0 Å². The lowest BCUT2D eigenvalue weighted by Crippen LogP contribution is -2.07. The summed E-state index contributed by atoms with van der Waals surface area (Å²) in [6.45, 7) is 4.10. The van der Waals surface area contributed by atoms with Crippen LogP contribution in [0.15, 0.2) is 68.0 Å². The van der Waals surface area contributed by atoms with Gasteiger partial charge >= 0.3 is 0 Å². The molecule has 1 N–H and O–H groups in total. The van der Waals surface area contributed by atoms with Crippen molar-refractivity contribution in [3.05, 3.63) is 80.2 Å². The van der Waals surface area contributed by atoms with Crippen LogP contribution in [-0.2, 0) is 4.79 Å². The Bertz CT molecular complexity index is 1320. The van der Waals surface area contributed by atoms with Crippen molar-refractivity contribution in [3.8, 4) is 17.2 Å². The molecule has 0 spiro atoms. The molecular formula is C25H20Br2N2O3. The number of carbonyl (C=O) groups is 1. The number of nitrogens with zero attached hydrogens (tertiary/aromatic N) is 1. The van der Waals surface area contributed by atoms with Gasteiger partial charge in [-0.25, -0.2) is 4.98 Å². The fourth-order valence-electron chi connectivity index (χ4n) is 3.30. The number of methoxy groups -OCH3 is 1. The lowest BCUT2D eigenvalue weighted by Gasteiger charge is -2.08. The molecule has 162 valence electrons. The molecule has 0 saturated heterocycles. The number of carbonyl (C=O) groups excluding carboxylic acids is 1. The Hall–Kier alpha value is -2.90. The average molecular weight is 556 g/mol. The van der Waals surface area contributed by atoms with E-state index in [2.05, 4.69) is 49.1 Å². The number of rotatable bonds is 5. The van der Waals surface area contributed by atoms with Crippen molar-refractivity contribution in [2.45, 2.75) is 13.8 Å². The third-order valence-electron chi connectivity index (χ3n) is 5.04. The molecule has 0 fully saturated rings. The monoisotopic (exact) mass is 554 g/mol. The van der Waals surface area contributed by atoms with Crippen LogP contribution in [0.5, 0.6) is 5.75 Å². The molecule has 0 atom stereocenters. The Balaban J connectivity index is 1.55. The van der Waals surface area contributed by atoms with Crippen LogP contribution in [0.25, 0.3) is 28.6 Å². The smallest absolute Gasteiger partial charge is 0.248 e. The largest absolute Gasteiger partial charge is 0.495 e. The van der Waals surface area contributed by atoms with Crippen molar-refractivity contribution in [2.24, 2.45) is 0 Å². The number of aryl methyl sites for hydroxylation is 2. The fraction of sp³-hybridized carbons (Fsp3) is 0.120. The van der Waals surface area contributed by atoms with Gasteiger partial charge < -0.3 is 14.5 Å². The van der Waals surface area contributed by atoms with Crippen molar-refractivity contribution < 1.29 is 13.9 Å². The van der Waals surface area contributed by atoms with Gasteiger partial charge in [-0.2, -0.15) is 0 Å². The number of anilines is 1. The maximum Gasteiger partial charge on any atom is 0.248 e. The molecule has 0 aliphatic heterocycles. The van der Waals surface area contributed by atoms with Gasteiger partial charge in [0.05, 0.1) is 11.6 Å². The van der Waals surface area contributed by atoms with E-state index in [0.717, 1.165) is 36.7 Å². The molecule has 0 unspecified atom stereocenters. The molecule has 0 bridgehead atoms. The second-order valence-corrected chi connectivity index (χ2v) is 9.11. The SMILES string of the molecule is COc1c(Br)cc(Br)cc1/C=C/C(=O)Nc1cccc(-c2nc3cc(C)c(C)cc3o2)c1. The summed E-state index contributed by atoms with van der Waals surface area (Å²) in [7, 11) is 1.59. The number of fused-ring (bicyclic) bond motifs is 1. The molecular weight excluding hydrogens is 536 g/mol. The highest BCUT2D eigenvalue weighted by Gasteiger charge is 2.11. The Kier molecular flexibility index (Phi) is 6.48. The molecule has 5 nitrogen and oxygen atoms in total. The van der Waals surface area contributed by atoms with Crippen LogP contribution in [-0.4, -0.2) is 18.0 Å². The minimum atomic E-state index is -0.260. The summed E-state index contributed by atoms with van der Waals surface area (Å²) in [4.78, 5) is 17.1. The number of ether oxygens (including phenoxy) is 1. The average Bonchev–Trinajstić information content (AvgIpc) is 3.15. The highest BCUT2D eigenvalue weighted by molar-refractivity contribution is 9.11. The highest BCUT2D eigenvalue weighted by Crippen LogP contribution is 2.33. The van der Waals surface area contributed by atoms with Crippen LogP contribution in [0.3, 0.4) is 0 Å². The van der Waals surface area contributed by atoms with Gasteiger partial charge in [0, 0.05) is 27.4 Å². The lowest BCUT2D eigenvalue weighted by atomic mass is 10.1. The van der Waals surface area contributed by atoms with E-state index in [1.807, 2.05) is 55.5 Å². The zero-order valence-electron chi connectivity index (χ0n) is 17.7. The van der Waals surface area contributed by atoms with Gasteiger partial charge in [0.15, 0.2) is 5.58 Å². The predicted octanol–water partition coefficient (Wildman–Crippen LogP) is 7.30. The molecule has 0 aliphatic rings. The van der Waals surface area contributed by atoms with E-state index in [0.29, 0.717) is 17.3 Å². The van der Waals surface area contributed by atoms with E-state index in [9.17, 15) is 4.79 Å². The second kappa shape index (κ2) is 9.30. The third-order valence-corrected chi connectivity index (χ3v) is 6.08. The number of benzene rings is 3. The van der Waals surface area contributed by atoms with Gasteiger partial charge in [0.1, 0.15) is 11.3 Å². The van der Waals surface area contributed by atoms with Crippen LogP contribution in [0, 0.1) is 13.8 Å². The highest BCUT2D eigenvalue weighted by atomic mass is 79.9. The first kappa shape index (κ1) is 22.3. The Morgan fingerprint density at radius 3 is 2.66 bits per heavy atom. The van der Waals surface area contributed by atoms with E-state index < -0.39 is 0 Å². The van der Waals surface area contributed by atoms with Crippen molar-refractivity contribution >= 4 is 60.6 Å². The van der Waals surface area contributed by atoms with E-state index >= 15 is 0 Å². The Morgan fingerprint density at radius 2 is 1.88 bits per heavy atom. The first-order valence-corrected chi connectivity index (χ1v) is 11.4. The summed E-state index contributed by atoms with van der Waals surface area (Å²) in [6.07, 6.45) is 3.17. The first-order valence-electron chi connectivity index (χ1n) is 9.84. The molecule has 7 heteroatoms. The molecule has 4 aromatic rings. The molecule has 32 heavy (non-hydrogen) atoms. The molecule has 1 heterocycles. The molecule has 3 aromatic carbocycles. The quantitative estimate of drug-likeness (QED) is 0.262. The van der Waals surface area contributed by atoms with Crippen LogP contribution >= 0.6 is 31.9 Å². The van der Waals surface area contributed by atoms with Gasteiger partial charge in [-0.15, -0.1) is 0 Å². The number of halogens is 2. The Morgan fingerprint density at radius 1 is 1.09 bits per heavy atom. The van der Waals surface area contributed by atoms with E-state index in [-0.39, 0.29) is 5.91 Å². The van der Waals surface area contributed by atoms with Crippen molar-refractivity contribution in [2.75, 3.05) is 12.4 Å². The van der Waals surface area contributed by atoms with Gasteiger partial charge in [-0.3, -0.25) is 4.79 Å². The van der Waals surface area contributed by atoms with Crippen LogP contribution < -0.4 is 10.1 Å². The number of hydrogen-bond donors (Lipinski definition) is 1. The number of amides is 1. The zero-order valence-corrected chi connectivity index (χ0v) is 20.9. The third kappa shape index (κ3) is 4.79. The molecule has 1 amide bonds. The van der Waals surface area contributed by atoms with Crippen molar-refractivity contribution in [3.63, 3.8) is 0 Å². The summed E-state index contributed by atoms with van der Waals surface area (Å²) in [5.41, 5.74) is 6.09. The molecule has 4 rings (SSSR count). The fourth-order valence-corrected chi connectivity index (χ4v) is 4.72. The zero-order chi connectivity index (χ0) is 22.8. The molecule has 1 aromatic heterocycles. The second-order valence-electron chi connectivity index (χ2n) is 7.34. The molecule has 0 radical (unpaired) electrons. The predicted molar refractivity (Wildman–Crippen MR) is 135 cm³/mol. The van der Waals surface area contributed by atoms with Crippen molar-refractivity contribution in [1.82, 2.24) is 4.98 Å². The standard InChI is InChI=1S/C25H20Br2N2O3/c1-14-9-21-22(10-15(14)2)32-25(29-21)17-5-4-6-19(12-17)28-23(30)8-7-16-11-18(26)13-20(27)24(16)31-3/h4-13H,1-3H3,(H,28,30)/b8-7+. The van der Waals surface area contributed by atoms with Crippen molar-refractivity contribution in [1.29, 1.82) is 0 Å². The maximum absolute atomic E-state index is 12.5. The minimum Gasteiger partial charge on any atom is -0.495 e. The first-order chi connectivity index (χ1) is 15.3.